The Morgan fingerprint density at radius 3 is 2.56 bits per heavy atom. The Morgan fingerprint density at radius 2 is 1.92 bits per heavy atom. The average molecular weight is 343 g/mol. The molecule has 1 aromatic rings. The van der Waals surface area contributed by atoms with Gasteiger partial charge in [-0.3, -0.25) is 0 Å². The Labute approximate surface area is 150 Å². The molecule has 0 aliphatic heterocycles. The lowest BCUT2D eigenvalue weighted by Crippen LogP contribution is -2.44. The summed E-state index contributed by atoms with van der Waals surface area (Å²) in [5.74, 6) is 0.952. The minimum atomic E-state index is -0.467. The van der Waals surface area contributed by atoms with Crippen LogP contribution >= 0.6 is 0 Å². The normalized spacial score (nSPS) is 25.5. The zero-order valence-electron chi connectivity index (χ0n) is 15.4. The molecule has 4 nitrogen and oxygen atoms in total. The number of nitrogens with one attached hydrogen (secondary N) is 1. The van der Waals surface area contributed by atoms with Gasteiger partial charge in [-0.25, -0.2) is 4.79 Å². The Kier molecular flexibility index (Phi) is 5.19. The molecular weight excluding hydrogens is 314 g/mol. The van der Waals surface area contributed by atoms with Gasteiger partial charge in [0.25, 0.3) is 0 Å². The predicted molar refractivity (Wildman–Crippen MR) is 99.3 cm³/mol. The largest absolute Gasteiger partial charge is 0.444 e. The van der Waals surface area contributed by atoms with E-state index in [1.807, 2.05) is 26.8 Å². The summed E-state index contributed by atoms with van der Waals surface area (Å²) in [6.07, 6.45) is 7.74. The SMILES string of the molecule is CC(C)(C)OC(=O)N[C@@H]1[C@@H]2CC[C@H]1Cc1cc(/C=C/CO)ccc1C2. The molecule has 1 fully saturated rings. The summed E-state index contributed by atoms with van der Waals surface area (Å²) < 4.78 is 5.46. The first kappa shape index (κ1) is 18.0. The molecule has 2 bridgehead atoms. The lowest BCUT2D eigenvalue weighted by Gasteiger charge is -2.26. The Balaban J connectivity index is 1.74. The van der Waals surface area contributed by atoms with Gasteiger partial charge in [-0.15, -0.1) is 0 Å². The van der Waals surface area contributed by atoms with Crippen LogP contribution in [0.4, 0.5) is 4.79 Å². The smallest absolute Gasteiger partial charge is 0.407 e. The fraction of sp³-hybridized carbons (Fsp3) is 0.571. The zero-order chi connectivity index (χ0) is 18.0. The van der Waals surface area contributed by atoms with E-state index in [9.17, 15) is 4.79 Å². The van der Waals surface area contributed by atoms with Crippen molar-refractivity contribution in [2.24, 2.45) is 11.8 Å². The van der Waals surface area contributed by atoms with Gasteiger partial charge in [0.15, 0.2) is 0 Å². The second kappa shape index (κ2) is 7.20. The van der Waals surface area contributed by atoms with E-state index in [1.54, 1.807) is 6.08 Å². The maximum Gasteiger partial charge on any atom is 0.407 e. The molecule has 0 saturated heterocycles. The summed E-state index contributed by atoms with van der Waals surface area (Å²) in [6.45, 7) is 5.74. The molecule has 0 unspecified atom stereocenters. The van der Waals surface area contributed by atoms with E-state index < -0.39 is 5.60 Å². The van der Waals surface area contributed by atoms with Crippen LogP contribution in [0.25, 0.3) is 6.08 Å². The van der Waals surface area contributed by atoms with Crippen molar-refractivity contribution in [2.45, 2.75) is 58.1 Å². The van der Waals surface area contributed by atoms with E-state index in [2.05, 4.69) is 23.5 Å². The number of aliphatic hydroxyl groups excluding tert-OH is 1. The summed E-state index contributed by atoms with van der Waals surface area (Å²) in [4.78, 5) is 12.2. The number of carbonyl (C=O) groups is 1. The van der Waals surface area contributed by atoms with Crippen LogP contribution in [0.3, 0.4) is 0 Å². The highest BCUT2D eigenvalue weighted by Crippen LogP contribution is 2.40. The van der Waals surface area contributed by atoms with Crippen LogP contribution in [0.5, 0.6) is 0 Å². The number of hydrogen-bond donors (Lipinski definition) is 2. The maximum absolute atomic E-state index is 12.2. The standard InChI is InChI=1S/C21H29NO3/c1-21(2,3)25-20(24)22-19-16-8-9-17(19)13-18-11-14(5-4-10-23)6-7-15(18)12-16/h4-7,11,16-17,19,23H,8-10,12-13H2,1-3H3,(H,22,24)/b5-4+/t16-,17+,19-/m1/s1. The van der Waals surface area contributed by atoms with Gasteiger partial charge in [-0.05, 0) is 75.0 Å². The van der Waals surface area contributed by atoms with Gasteiger partial charge in [-0.1, -0.05) is 30.4 Å². The number of aliphatic hydroxyl groups is 1. The molecule has 4 heteroatoms. The number of rotatable bonds is 3. The minimum absolute atomic E-state index is 0.0592. The first-order valence-corrected chi connectivity index (χ1v) is 9.24. The van der Waals surface area contributed by atoms with Crippen LogP contribution < -0.4 is 5.32 Å². The van der Waals surface area contributed by atoms with E-state index in [-0.39, 0.29) is 18.7 Å². The molecule has 0 aromatic heterocycles. The van der Waals surface area contributed by atoms with Crippen LogP contribution in [0, 0.1) is 11.8 Å². The van der Waals surface area contributed by atoms with Crippen LogP contribution in [-0.2, 0) is 17.6 Å². The van der Waals surface area contributed by atoms with E-state index in [1.165, 1.54) is 11.1 Å². The van der Waals surface area contributed by atoms with Crippen molar-refractivity contribution < 1.29 is 14.6 Å². The van der Waals surface area contributed by atoms with Gasteiger partial charge < -0.3 is 15.2 Å². The lowest BCUT2D eigenvalue weighted by molar-refractivity contribution is 0.0479. The van der Waals surface area contributed by atoms with Crippen LogP contribution in [0.1, 0.15) is 50.3 Å². The monoisotopic (exact) mass is 343 g/mol. The highest BCUT2D eigenvalue weighted by atomic mass is 16.6. The number of hydrogen-bond acceptors (Lipinski definition) is 3. The van der Waals surface area contributed by atoms with Crippen LogP contribution in [0.2, 0.25) is 0 Å². The molecule has 3 atom stereocenters. The second-order valence-corrected chi connectivity index (χ2v) is 8.29. The van der Waals surface area contributed by atoms with Crippen molar-refractivity contribution in [3.8, 4) is 0 Å². The molecule has 136 valence electrons. The Bertz CT molecular complexity index is 660. The fourth-order valence-electron chi connectivity index (χ4n) is 4.20. The Morgan fingerprint density at radius 1 is 1.24 bits per heavy atom. The number of benzene rings is 1. The van der Waals surface area contributed by atoms with Gasteiger partial charge in [0, 0.05) is 6.04 Å². The Hall–Kier alpha value is -1.81. The van der Waals surface area contributed by atoms with E-state index >= 15 is 0 Å². The number of amides is 1. The molecule has 1 aromatic carbocycles. The molecule has 0 radical (unpaired) electrons. The van der Waals surface area contributed by atoms with Gasteiger partial charge in [-0.2, -0.15) is 0 Å². The quantitative estimate of drug-likeness (QED) is 0.879. The summed E-state index contributed by atoms with van der Waals surface area (Å²) >= 11 is 0. The van der Waals surface area contributed by atoms with Crippen molar-refractivity contribution in [2.75, 3.05) is 6.61 Å². The third kappa shape index (κ3) is 4.43. The summed E-state index contributed by atoms with van der Waals surface area (Å²) in [6, 6.07) is 6.74. The molecule has 2 N–H and O–H groups in total. The molecule has 0 heterocycles. The molecule has 3 rings (SSSR count). The van der Waals surface area contributed by atoms with Gasteiger partial charge in [0.1, 0.15) is 5.60 Å². The van der Waals surface area contributed by atoms with Gasteiger partial charge in [0.2, 0.25) is 0 Å². The molecule has 2 aliphatic carbocycles. The number of alkyl carbamates (subject to hydrolysis) is 1. The zero-order valence-corrected chi connectivity index (χ0v) is 15.4. The van der Waals surface area contributed by atoms with Crippen molar-refractivity contribution in [1.29, 1.82) is 0 Å². The molecule has 1 amide bonds. The highest BCUT2D eigenvalue weighted by molar-refractivity contribution is 5.68. The highest BCUT2D eigenvalue weighted by Gasteiger charge is 2.40. The number of ether oxygens (including phenoxy) is 1. The number of carbonyl (C=O) groups excluding carboxylic acids is 1. The summed E-state index contributed by atoms with van der Waals surface area (Å²) in [5.41, 5.74) is 3.43. The lowest BCUT2D eigenvalue weighted by atomic mass is 9.92. The number of fused-ring (bicyclic) bond motifs is 3. The third-order valence-corrected chi connectivity index (χ3v) is 5.22. The molecule has 1 saturated carbocycles. The van der Waals surface area contributed by atoms with Crippen molar-refractivity contribution >= 4 is 12.2 Å². The maximum atomic E-state index is 12.2. The first-order valence-electron chi connectivity index (χ1n) is 9.24. The molecule has 0 spiro atoms. The van der Waals surface area contributed by atoms with E-state index in [4.69, 9.17) is 9.84 Å². The summed E-state index contributed by atoms with van der Waals surface area (Å²) in [5, 5.41) is 12.1. The predicted octanol–water partition coefficient (Wildman–Crippen LogP) is 3.71. The average Bonchev–Trinajstić information content (AvgIpc) is 2.78. The van der Waals surface area contributed by atoms with E-state index in [0.29, 0.717) is 11.8 Å². The molecule has 25 heavy (non-hydrogen) atoms. The van der Waals surface area contributed by atoms with Crippen molar-refractivity contribution in [1.82, 2.24) is 5.32 Å². The fourth-order valence-corrected chi connectivity index (χ4v) is 4.20. The van der Waals surface area contributed by atoms with Crippen molar-refractivity contribution in [3.05, 3.63) is 41.0 Å². The third-order valence-electron chi connectivity index (χ3n) is 5.22. The molecular formula is C21H29NO3. The first-order chi connectivity index (χ1) is 11.9. The van der Waals surface area contributed by atoms with Gasteiger partial charge >= 0.3 is 6.09 Å². The topological polar surface area (TPSA) is 58.6 Å². The second-order valence-electron chi connectivity index (χ2n) is 8.29. The van der Waals surface area contributed by atoms with E-state index in [0.717, 1.165) is 31.2 Å². The van der Waals surface area contributed by atoms with Gasteiger partial charge in [0.05, 0.1) is 6.61 Å². The van der Waals surface area contributed by atoms with Crippen LogP contribution in [0.15, 0.2) is 24.3 Å². The summed E-state index contributed by atoms with van der Waals surface area (Å²) in [7, 11) is 0. The minimum Gasteiger partial charge on any atom is -0.444 e. The van der Waals surface area contributed by atoms with Crippen molar-refractivity contribution in [3.63, 3.8) is 0 Å². The van der Waals surface area contributed by atoms with Crippen LogP contribution in [-0.4, -0.2) is 29.4 Å². The molecule has 2 aliphatic rings.